The van der Waals surface area contributed by atoms with Gasteiger partial charge in [-0.25, -0.2) is 0 Å². The molecule has 0 aliphatic rings. The van der Waals surface area contributed by atoms with E-state index in [0.29, 0.717) is 12.1 Å². The molecule has 6 heteroatoms. The monoisotopic (exact) mass is 289 g/mol. The molecular formula is C14H15N3O2S. The number of nitrogen functional groups attached to an aromatic ring is 1. The van der Waals surface area contributed by atoms with Crippen molar-refractivity contribution in [2.45, 2.75) is 4.90 Å². The van der Waals surface area contributed by atoms with Gasteiger partial charge in [0.15, 0.2) is 0 Å². The molecule has 0 aromatic heterocycles. The van der Waals surface area contributed by atoms with Crippen molar-refractivity contribution in [1.82, 2.24) is 0 Å². The maximum atomic E-state index is 10.5. The Morgan fingerprint density at radius 1 is 1.15 bits per heavy atom. The molecule has 0 radical (unpaired) electrons. The summed E-state index contributed by atoms with van der Waals surface area (Å²) in [6, 6.07) is 12.8. The average molecular weight is 289 g/mol. The van der Waals surface area contributed by atoms with Crippen LogP contribution in [0.4, 0.5) is 17.1 Å². The van der Waals surface area contributed by atoms with Crippen molar-refractivity contribution in [2.24, 2.45) is 0 Å². The Labute approximate surface area is 121 Å². The molecule has 20 heavy (non-hydrogen) atoms. The van der Waals surface area contributed by atoms with Crippen molar-refractivity contribution in [3.8, 4) is 5.75 Å². The van der Waals surface area contributed by atoms with Crippen molar-refractivity contribution in [2.75, 3.05) is 22.9 Å². The van der Waals surface area contributed by atoms with Crippen LogP contribution in [0, 0.1) is 0 Å². The minimum atomic E-state index is 0.643. The van der Waals surface area contributed by atoms with Gasteiger partial charge in [-0.1, -0.05) is 0 Å². The summed E-state index contributed by atoms with van der Waals surface area (Å²) in [7, 11) is 1.61. The summed E-state index contributed by atoms with van der Waals surface area (Å²) in [5, 5.41) is 2.61. The zero-order valence-corrected chi connectivity index (χ0v) is 11.7. The SMILES string of the molecule is COc1ccc(NC=O)cc1SNc1ccc(N)cc1. The van der Waals surface area contributed by atoms with Crippen LogP contribution in [-0.4, -0.2) is 13.5 Å². The summed E-state index contributed by atoms with van der Waals surface area (Å²) in [6.07, 6.45) is 0.643. The molecule has 4 N–H and O–H groups in total. The molecule has 0 saturated heterocycles. The Morgan fingerprint density at radius 2 is 1.85 bits per heavy atom. The van der Waals surface area contributed by atoms with E-state index in [-0.39, 0.29) is 0 Å². The highest BCUT2D eigenvalue weighted by atomic mass is 32.2. The molecule has 2 rings (SSSR count). The molecule has 0 heterocycles. The average Bonchev–Trinajstić information content (AvgIpc) is 2.47. The topological polar surface area (TPSA) is 76.4 Å². The van der Waals surface area contributed by atoms with E-state index in [0.717, 1.165) is 22.0 Å². The fourth-order valence-electron chi connectivity index (χ4n) is 1.58. The summed E-state index contributed by atoms with van der Waals surface area (Å²) in [5.74, 6) is 0.731. The molecule has 0 fully saturated rings. The number of amides is 1. The maximum Gasteiger partial charge on any atom is 0.211 e. The van der Waals surface area contributed by atoms with E-state index in [9.17, 15) is 4.79 Å². The standard InChI is InChI=1S/C14H15N3O2S/c1-19-13-7-6-12(16-9-18)8-14(13)20-17-11-4-2-10(15)3-5-11/h2-9,17H,15H2,1H3,(H,16,18). The summed E-state index contributed by atoms with van der Waals surface area (Å²) < 4.78 is 8.49. The van der Waals surface area contributed by atoms with Crippen molar-refractivity contribution >= 4 is 35.4 Å². The van der Waals surface area contributed by atoms with Crippen LogP contribution in [0.2, 0.25) is 0 Å². The molecule has 0 unspecified atom stereocenters. The number of carbonyl (C=O) groups is 1. The van der Waals surface area contributed by atoms with Gasteiger partial charge in [-0.2, -0.15) is 0 Å². The van der Waals surface area contributed by atoms with Crippen LogP contribution in [0.5, 0.6) is 5.75 Å². The predicted molar refractivity (Wildman–Crippen MR) is 83.0 cm³/mol. The first-order valence-corrected chi connectivity index (χ1v) is 6.71. The molecule has 2 aromatic rings. The second kappa shape index (κ2) is 6.72. The second-order valence-corrected chi connectivity index (χ2v) is 4.80. The largest absolute Gasteiger partial charge is 0.496 e. The first kappa shape index (κ1) is 14.1. The molecule has 0 saturated carbocycles. The number of hydrogen-bond acceptors (Lipinski definition) is 5. The number of benzene rings is 2. The Balaban J connectivity index is 2.12. The van der Waals surface area contributed by atoms with Crippen LogP contribution in [0.25, 0.3) is 0 Å². The molecule has 5 nitrogen and oxygen atoms in total. The summed E-state index contributed by atoms with van der Waals surface area (Å²) >= 11 is 1.40. The van der Waals surface area contributed by atoms with E-state index in [4.69, 9.17) is 10.5 Å². The Bertz CT molecular complexity index is 587. The van der Waals surface area contributed by atoms with Crippen LogP contribution in [0.15, 0.2) is 47.4 Å². The van der Waals surface area contributed by atoms with E-state index >= 15 is 0 Å². The van der Waals surface area contributed by atoms with Gasteiger partial charge in [-0.05, 0) is 54.4 Å². The Morgan fingerprint density at radius 3 is 2.50 bits per heavy atom. The van der Waals surface area contributed by atoms with Crippen molar-refractivity contribution in [3.63, 3.8) is 0 Å². The molecule has 2 aromatic carbocycles. The van der Waals surface area contributed by atoms with Crippen LogP contribution in [0.1, 0.15) is 0 Å². The van der Waals surface area contributed by atoms with Gasteiger partial charge in [-0.15, -0.1) is 0 Å². The van der Waals surface area contributed by atoms with Crippen molar-refractivity contribution < 1.29 is 9.53 Å². The first-order chi connectivity index (χ1) is 9.72. The van der Waals surface area contributed by atoms with E-state index in [1.54, 1.807) is 19.2 Å². The molecule has 104 valence electrons. The number of anilines is 3. The van der Waals surface area contributed by atoms with Gasteiger partial charge in [0, 0.05) is 17.1 Å². The zero-order valence-electron chi connectivity index (χ0n) is 10.9. The van der Waals surface area contributed by atoms with Crippen molar-refractivity contribution in [3.05, 3.63) is 42.5 Å². The van der Waals surface area contributed by atoms with Gasteiger partial charge in [-0.3, -0.25) is 4.79 Å². The third-order valence-corrected chi connectivity index (χ3v) is 3.46. The number of carbonyl (C=O) groups excluding carboxylic acids is 1. The van der Waals surface area contributed by atoms with E-state index < -0.39 is 0 Å². The van der Waals surface area contributed by atoms with E-state index in [1.807, 2.05) is 30.3 Å². The Kier molecular flexibility index (Phi) is 4.73. The second-order valence-electron chi connectivity index (χ2n) is 3.95. The molecule has 0 aliphatic carbocycles. The number of hydrogen-bond donors (Lipinski definition) is 3. The minimum Gasteiger partial charge on any atom is -0.496 e. The fraction of sp³-hybridized carbons (Fsp3) is 0.0714. The molecular weight excluding hydrogens is 274 g/mol. The van der Waals surface area contributed by atoms with E-state index in [1.165, 1.54) is 11.9 Å². The minimum absolute atomic E-state index is 0.643. The fourth-order valence-corrected chi connectivity index (χ4v) is 2.38. The van der Waals surface area contributed by atoms with Crippen LogP contribution in [-0.2, 0) is 4.79 Å². The van der Waals surface area contributed by atoms with Gasteiger partial charge in [0.25, 0.3) is 0 Å². The van der Waals surface area contributed by atoms with Crippen LogP contribution in [0.3, 0.4) is 0 Å². The highest BCUT2D eigenvalue weighted by molar-refractivity contribution is 8.00. The van der Waals surface area contributed by atoms with Gasteiger partial charge in [0.05, 0.1) is 12.0 Å². The van der Waals surface area contributed by atoms with E-state index in [2.05, 4.69) is 10.0 Å². The molecule has 0 aliphatic heterocycles. The Hall–Kier alpha value is -2.34. The number of nitrogens with two attached hydrogens (primary N) is 1. The molecule has 0 bridgehead atoms. The number of ether oxygens (including phenoxy) is 1. The maximum absolute atomic E-state index is 10.5. The summed E-state index contributed by atoms with van der Waals surface area (Å²) in [5.41, 5.74) is 8.00. The zero-order chi connectivity index (χ0) is 14.4. The van der Waals surface area contributed by atoms with Crippen molar-refractivity contribution in [1.29, 1.82) is 0 Å². The first-order valence-electron chi connectivity index (χ1n) is 5.89. The number of nitrogens with one attached hydrogen (secondary N) is 2. The summed E-state index contributed by atoms with van der Waals surface area (Å²) in [4.78, 5) is 11.3. The lowest BCUT2D eigenvalue weighted by atomic mass is 10.3. The van der Waals surface area contributed by atoms with Gasteiger partial charge < -0.3 is 20.5 Å². The normalized spacial score (nSPS) is 9.85. The number of rotatable bonds is 6. The quantitative estimate of drug-likeness (QED) is 0.433. The highest BCUT2D eigenvalue weighted by Crippen LogP contribution is 2.32. The lowest BCUT2D eigenvalue weighted by Gasteiger charge is -2.11. The third-order valence-electron chi connectivity index (χ3n) is 2.58. The molecule has 1 amide bonds. The van der Waals surface area contributed by atoms with Gasteiger partial charge in [0.1, 0.15) is 5.75 Å². The summed E-state index contributed by atoms with van der Waals surface area (Å²) in [6.45, 7) is 0. The van der Waals surface area contributed by atoms with Crippen LogP contribution < -0.4 is 20.5 Å². The molecule has 0 spiro atoms. The lowest BCUT2D eigenvalue weighted by Crippen LogP contribution is -1.96. The lowest BCUT2D eigenvalue weighted by molar-refractivity contribution is -0.105. The van der Waals surface area contributed by atoms with Gasteiger partial charge >= 0.3 is 0 Å². The number of methoxy groups -OCH3 is 1. The highest BCUT2D eigenvalue weighted by Gasteiger charge is 2.05. The van der Waals surface area contributed by atoms with Crippen LogP contribution >= 0.6 is 11.9 Å². The third kappa shape index (κ3) is 3.58. The predicted octanol–water partition coefficient (Wildman–Crippen LogP) is 2.96. The van der Waals surface area contributed by atoms with Gasteiger partial charge in [0.2, 0.25) is 6.41 Å². The molecule has 0 atom stereocenters. The smallest absolute Gasteiger partial charge is 0.211 e.